The Morgan fingerprint density at radius 2 is 1.76 bits per heavy atom. The molecule has 0 aromatic heterocycles. The van der Waals surface area contributed by atoms with E-state index in [0.29, 0.717) is 6.10 Å². The molecule has 0 spiro atoms. The van der Waals surface area contributed by atoms with Gasteiger partial charge in [-0.1, -0.05) is 61.4 Å². The first-order valence-electron chi connectivity index (χ1n) is 7.53. The maximum Gasteiger partial charge on any atom is 0.0782 e. The Balaban J connectivity index is 1.96. The van der Waals surface area contributed by atoms with Gasteiger partial charge >= 0.3 is 0 Å². The van der Waals surface area contributed by atoms with Gasteiger partial charge in [0.15, 0.2) is 0 Å². The average Bonchev–Trinajstić information content (AvgIpc) is 2.40. The number of rotatable bonds is 4. The predicted octanol–water partition coefficient (Wildman–Crippen LogP) is 5.07. The standard InChI is InChI=1S/C15H27BrO/c1-2-13-8-4-5-9-14(13)17-15(12-16)10-6-3-7-11-15/h13-14H,2-12H2,1H3. The number of alkyl halides is 1. The van der Waals surface area contributed by atoms with Crippen LogP contribution in [-0.2, 0) is 4.74 Å². The van der Waals surface area contributed by atoms with E-state index in [-0.39, 0.29) is 5.60 Å². The Hall–Kier alpha value is 0.440. The number of ether oxygens (including phenoxy) is 1. The summed E-state index contributed by atoms with van der Waals surface area (Å²) in [6.07, 6.45) is 14.0. The number of hydrogen-bond donors (Lipinski definition) is 0. The van der Waals surface area contributed by atoms with Gasteiger partial charge in [-0.2, -0.15) is 0 Å². The van der Waals surface area contributed by atoms with Crippen molar-refractivity contribution in [3.63, 3.8) is 0 Å². The van der Waals surface area contributed by atoms with Crippen molar-refractivity contribution in [1.82, 2.24) is 0 Å². The molecule has 2 heteroatoms. The molecule has 0 saturated heterocycles. The molecule has 100 valence electrons. The fraction of sp³-hybridized carbons (Fsp3) is 1.00. The molecule has 0 bridgehead atoms. The SMILES string of the molecule is CCC1CCCCC1OC1(CBr)CCCCC1. The lowest BCUT2D eigenvalue weighted by Crippen LogP contribution is -2.43. The molecule has 2 aliphatic carbocycles. The first-order valence-corrected chi connectivity index (χ1v) is 8.65. The van der Waals surface area contributed by atoms with E-state index in [9.17, 15) is 0 Å². The highest BCUT2D eigenvalue weighted by atomic mass is 79.9. The topological polar surface area (TPSA) is 9.23 Å². The molecule has 0 heterocycles. The third kappa shape index (κ3) is 3.47. The smallest absolute Gasteiger partial charge is 0.0782 e. The van der Waals surface area contributed by atoms with Crippen molar-refractivity contribution in [2.75, 3.05) is 5.33 Å². The zero-order valence-electron chi connectivity index (χ0n) is 11.2. The lowest BCUT2D eigenvalue weighted by Gasteiger charge is -2.42. The molecule has 1 nitrogen and oxygen atoms in total. The third-order valence-corrected chi connectivity index (χ3v) is 5.80. The Bertz CT molecular complexity index is 223. The maximum atomic E-state index is 6.63. The van der Waals surface area contributed by atoms with Crippen LogP contribution in [0.5, 0.6) is 0 Å². The highest BCUT2D eigenvalue weighted by Crippen LogP contribution is 2.39. The van der Waals surface area contributed by atoms with Gasteiger partial charge in [0.25, 0.3) is 0 Å². The van der Waals surface area contributed by atoms with E-state index >= 15 is 0 Å². The number of halogens is 1. The first kappa shape index (κ1) is 13.9. The second-order valence-electron chi connectivity index (χ2n) is 5.99. The summed E-state index contributed by atoms with van der Waals surface area (Å²) in [5, 5.41) is 1.03. The van der Waals surface area contributed by atoms with Gasteiger partial charge < -0.3 is 4.74 Å². The van der Waals surface area contributed by atoms with E-state index in [1.54, 1.807) is 0 Å². The van der Waals surface area contributed by atoms with Crippen LogP contribution in [-0.4, -0.2) is 17.0 Å². The fourth-order valence-electron chi connectivity index (χ4n) is 3.60. The van der Waals surface area contributed by atoms with Crippen LogP contribution in [0.2, 0.25) is 0 Å². The van der Waals surface area contributed by atoms with Crippen molar-refractivity contribution >= 4 is 15.9 Å². The maximum absolute atomic E-state index is 6.63. The van der Waals surface area contributed by atoms with Gasteiger partial charge in [-0.3, -0.25) is 0 Å². The van der Waals surface area contributed by atoms with E-state index in [1.165, 1.54) is 64.2 Å². The zero-order chi connectivity index (χ0) is 12.1. The van der Waals surface area contributed by atoms with Crippen LogP contribution in [0, 0.1) is 5.92 Å². The van der Waals surface area contributed by atoms with Gasteiger partial charge in [-0.05, 0) is 31.6 Å². The third-order valence-electron chi connectivity index (χ3n) is 4.77. The molecule has 17 heavy (non-hydrogen) atoms. The molecule has 2 saturated carbocycles. The number of hydrogen-bond acceptors (Lipinski definition) is 1. The van der Waals surface area contributed by atoms with Crippen molar-refractivity contribution in [2.24, 2.45) is 5.92 Å². The Morgan fingerprint density at radius 1 is 1.06 bits per heavy atom. The summed E-state index contributed by atoms with van der Waals surface area (Å²) in [6, 6.07) is 0. The quantitative estimate of drug-likeness (QED) is 0.659. The summed E-state index contributed by atoms with van der Waals surface area (Å²) in [5.74, 6) is 0.821. The summed E-state index contributed by atoms with van der Waals surface area (Å²) in [7, 11) is 0. The largest absolute Gasteiger partial charge is 0.371 e. The zero-order valence-corrected chi connectivity index (χ0v) is 12.8. The van der Waals surface area contributed by atoms with Crippen LogP contribution in [0.15, 0.2) is 0 Å². The van der Waals surface area contributed by atoms with Crippen molar-refractivity contribution in [1.29, 1.82) is 0 Å². The van der Waals surface area contributed by atoms with Gasteiger partial charge in [-0.15, -0.1) is 0 Å². The molecule has 2 rings (SSSR count). The molecule has 2 atom stereocenters. The van der Waals surface area contributed by atoms with Crippen molar-refractivity contribution in [3.8, 4) is 0 Å². The van der Waals surface area contributed by atoms with E-state index in [1.807, 2.05) is 0 Å². The van der Waals surface area contributed by atoms with E-state index in [2.05, 4.69) is 22.9 Å². The van der Waals surface area contributed by atoms with Gasteiger partial charge in [0, 0.05) is 5.33 Å². The molecule has 2 unspecified atom stereocenters. The van der Waals surface area contributed by atoms with Crippen molar-refractivity contribution in [3.05, 3.63) is 0 Å². The first-order chi connectivity index (χ1) is 8.29. The highest BCUT2D eigenvalue weighted by molar-refractivity contribution is 9.09. The molecule has 0 N–H and O–H groups in total. The molecule has 0 amide bonds. The van der Waals surface area contributed by atoms with Crippen molar-refractivity contribution < 1.29 is 4.74 Å². The van der Waals surface area contributed by atoms with Crippen LogP contribution in [0.4, 0.5) is 0 Å². The molecule has 2 fully saturated rings. The van der Waals surface area contributed by atoms with Crippen LogP contribution < -0.4 is 0 Å². The summed E-state index contributed by atoms with van der Waals surface area (Å²) < 4.78 is 6.63. The minimum atomic E-state index is 0.174. The lowest BCUT2D eigenvalue weighted by atomic mass is 9.82. The molecule has 2 aliphatic rings. The summed E-state index contributed by atoms with van der Waals surface area (Å²) in [5.41, 5.74) is 0.174. The molecule has 0 aromatic carbocycles. The predicted molar refractivity (Wildman–Crippen MR) is 76.7 cm³/mol. The minimum absolute atomic E-state index is 0.174. The van der Waals surface area contributed by atoms with Crippen LogP contribution >= 0.6 is 15.9 Å². The van der Waals surface area contributed by atoms with E-state index in [0.717, 1.165) is 11.2 Å². The molecular formula is C15H27BrO. The van der Waals surface area contributed by atoms with E-state index < -0.39 is 0 Å². The van der Waals surface area contributed by atoms with Crippen LogP contribution in [0.1, 0.15) is 71.1 Å². The minimum Gasteiger partial charge on any atom is -0.371 e. The average molecular weight is 303 g/mol. The summed E-state index contributed by atoms with van der Waals surface area (Å²) in [4.78, 5) is 0. The second kappa shape index (κ2) is 6.56. The fourth-order valence-corrected chi connectivity index (χ4v) is 4.29. The van der Waals surface area contributed by atoms with Gasteiger partial charge in [0.1, 0.15) is 0 Å². The molecule has 0 aromatic rings. The Kier molecular flexibility index (Phi) is 5.35. The van der Waals surface area contributed by atoms with Crippen LogP contribution in [0.3, 0.4) is 0 Å². The molecule has 0 radical (unpaired) electrons. The summed E-state index contributed by atoms with van der Waals surface area (Å²) in [6.45, 7) is 2.33. The van der Waals surface area contributed by atoms with Gasteiger partial charge in [0.05, 0.1) is 11.7 Å². The van der Waals surface area contributed by atoms with Crippen molar-refractivity contribution in [2.45, 2.75) is 82.8 Å². The molecule has 0 aliphatic heterocycles. The van der Waals surface area contributed by atoms with Gasteiger partial charge in [-0.25, -0.2) is 0 Å². The Morgan fingerprint density at radius 3 is 2.41 bits per heavy atom. The highest BCUT2D eigenvalue weighted by Gasteiger charge is 2.37. The lowest BCUT2D eigenvalue weighted by molar-refractivity contribution is -0.129. The van der Waals surface area contributed by atoms with E-state index in [4.69, 9.17) is 4.74 Å². The normalized spacial score (nSPS) is 33.5. The van der Waals surface area contributed by atoms with Gasteiger partial charge in [0.2, 0.25) is 0 Å². The Labute approximate surface area is 115 Å². The molecular weight excluding hydrogens is 276 g/mol. The second-order valence-corrected chi connectivity index (χ2v) is 6.55. The van der Waals surface area contributed by atoms with Crippen LogP contribution in [0.25, 0.3) is 0 Å². The summed E-state index contributed by atoms with van der Waals surface area (Å²) >= 11 is 3.71. The monoisotopic (exact) mass is 302 g/mol.